The zero-order valence-corrected chi connectivity index (χ0v) is 14.5. The maximum atomic E-state index is 12.8. The molecule has 0 atom stereocenters. The third-order valence-electron chi connectivity index (χ3n) is 4.44. The van der Waals surface area contributed by atoms with Crippen molar-refractivity contribution < 1.29 is 18.0 Å². The number of halogens is 3. The van der Waals surface area contributed by atoms with E-state index in [1.807, 2.05) is 0 Å². The highest BCUT2D eigenvalue weighted by Gasteiger charge is 2.41. The first kappa shape index (κ1) is 19.1. The zero-order chi connectivity index (χ0) is 19.3. The second-order valence-electron chi connectivity index (χ2n) is 6.18. The minimum absolute atomic E-state index is 0.136. The average molecular weight is 383 g/mol. The van der Waals surface area contributed by atoms with Gasteiger partial charge in [0.1, 0.15) is 11.2 Å². The van der Waals surface area contributed by atoms with Crippen LogP contribution in [0.4, 0.5) is 19.1 Å². The molecule has 0 radical (unpaired) electrons. The first-order valence-corrected chi connectivity index (χ1v) is 8.55. The van der Waals surface area contributed by atoms with Gasteiger partial charge in [0.25, 0.3) is 0 Å². The van der Waals surface area contributed by atoms with Crippen LogP contribution < -0.4 is 16.0 Å². The maximum Gasteiger partial charge on any atom is 0.433 e. The lowest BCUT2D eigenvalue weighted by Gasteiger charge is -2.36. The van der Waals surface area contributed by atoms with E-state index in [-0.39, 0.29) is 24.9 Å². The molecule has 0 unspecified atom stereocenters. The Morgan fingerprint density at radius 1 is 1.26 bits per heavy atom. The summed E-state index contributed by atoms with van der Waals surface area (Å²) in [5, 5.41) is 13.0. The summed E-state index contributed by atoms with van der Waals surface area (Å²) in [5.41, 5.74) is -1.78. The normalized spacial score (nSPS) is 16.7. The first-order chi connectivity index (χ1) is 12.9. The van der Waals surface area contributed by atoms with E-state index in [0.717, 1.165) is 12.3 Å². The molecule has 3 rings (SSSR count). The molecule has 1 aliphatic rings. The van der Waals surface area contributed by atoms with Crippen LogP contribution in [0.25, 0.3) is 0 Å². The second kappa shape index (κ2) is 7.91. The molecule has 3 heterocycles. The summed E-state index contributed by atoms with van der Waals surface area (Å²) in [5.74, 6) is -0.304. The van der Waals surface area contributed by atoms with Crippen molar-refractivity contribution in [2.75, 3.05) is 31.5 Å². The molecular weight excluding hydrogens is 363 g/mol. The van der Waals surface area contributed by atoms with Crippen LogP contribution in [-0.2, 0) is 16.5 Å². The molecule has 0 bridgehead atoms. The van der Waals surface area contributed by atoms with Gasteiger partial charge in [-0.3, -0.25) is 9.48 Å². The van der Waals surface area contributed by atoms with Crippen LogP contribution in [0.5, 0.6) is 0 Å². The second-order valence-corrected chi connectivity index (χ2v) is 6.18. The van der Waals surface area contributed by atoms with E-state index in [9.17, 15) is 18.0 Å². The Labute approximate surface area is 153 Å². The molecular formula is C16H20F3N7O. The van der Waals surface area contributed by atoms with E-state index in [4.69, 9.17) is 0 Å². The standard InChI is InChI=1S/C16H20F3N7O/c17-16(18,19)12-2-6-22-14(25-12)23-10-9-21-13(27)15(3-7-20-8-4-15)26-11-1-5-24-26/h1-2,5-6,11,20H,3-4,7-10H2,(H,21,27)(H,22,23,25). The van der Waals surface area contributed by atoms with Crippen molar-refractivity contribution in [1.82, 2.24) is 30.4 Å². The predicted molar refractivity (Wildman–Crippen MR) is 90.8 cm³/mol. The monoisotopic (exact) mass is 383 g/mol. The van der Waals surface area contributed by atoms with Gasteiger partial charge < -0.3 is 16.0 Å². The summed E-state index contributed by atoms with van der Waals surface area (Å²) < 4.78 is 39.6. The number of anilines is 1. The van der Waals surface area contributed by atoms with E-state index in [1.165, 1.54) is 0 Å². The van der Waals surface area contributed by atoms with Gasteiger partial charge in [-0.25, -0.2) is 9.97 Å². The molecule has 0 saturated carbocycles. The van der Waals surface area contributed by atoms with Crippen LogP contribution in [0.1, 0.15) is 18.5 Å². The third kappa shape index (κ3) is 4.35. The third-order valence-corrected chi connectivity index (χ3v) is 4.44. The highest BCUT2D eigenvalue weighted by Crippen LogP contribution is 2.28. The Balaban J connectivity index is 1.56. The Morgan fingerprint density at radius 3 is 2.70 bits per heavy atom. The number of hydrogen-bond donors (Lipinski definition) is 3. The fourth-order valence-electron chi connectivity index (χ4n) is 3.04. The molecule has 2 aromatic heterocycles. The molecule has 3 N–H and O–H groups in total. The Morgan fingerprint density at radius 2 is 2.04 bits per heavy atom. The number of hydrogen-bond acceptors (Lipinski definition) is 6. The minimum atomic E-state index is -4.53. The molecule has 1 amide bonds. The summed E-state index contributed by atoms with van der Waals surface area (Å²) >= 11 is 0. The highest BCUT2D eigenvalue weighted by atomic mass is 19.4. The van der Waals surface area contributed by atoms with E-state index in [0.29, 0.717) is 25.9 Å². The molecule has 1 fully saturated rings. The van der Waals surface area contributed by atoms with Gasteiger partial charge in [-0.05, 0) is 38.1 Å². The summed E-state index contributed by atoms with van der Waals surface area (Å²) in [4.78, 5) is 20.0. The van der Waals surface area contributed by atoms with Crippen LogP contribution in [0.2, 0.25) is 0 Å². The molecule has 0 aliphatic carbocycles. The Bertz CT molecular complexity index is 758. The SMILES string of the molecule is O=C(NCCNc1nccc(C(F)(F)F)n1)C1(n2cccn2)CCNCC1. The van der Waals surface area contributed by atoms with Gasteiger partial charge in [0.2, 0.25) is 11.9 Å². The maximum absolute atomic E-state index is 12.8. The van der Waals surface area contributed by atoms with Crippen LogP contribution in [0.3, 0.4) is 0 Å². The van der Waals surface area contributed by atoms with Crippen LogP contribution in [-0.4, -0.2) is 51.8 Å². The van der Waals surface area contributed by atoms with Gasteiger partial charge in [-0.1, -0.05) is 0 Å². The Hall–Kier alpha value is -2.69. The van der Waals surface area contributed by atoms with Crippen LogP contribution >= 0.6 is 0 Å². The summed E-state index contributed by atoms with van der Waals surface area (Å²) in [6, 6.07) is 2.57. The number of carbonyl (C=O) groups is 1. The molecule has 27 heavy (non-hydrogen) atoms. The lowest BCUT2D eigenvalue weighted by molar-refractivity contribution is -0.141. The molecule has 0 spiro atoms. The van der Waals surface area contributed by atoms with Gasteiger partial charge in [0.15, 0.2) is 0 Å². The molecule has 11 heteroatoms. The van der Waals surface area contributed by atoms with Crippen LogP contribution in [0.15, 0.2) is 30.7 Å². The molecule has 2 aromatic rings. The van der Waals surface area contributed by atoms with Crippen molar-refractivity contribution in [1.29, 1.82) is 0 Å². The van der Waals surface area contributed by atoms with Gasteiger partial charge >= 0.3 is 6.18 Å². The number of nitrogens with one attached hydrogen (secondary N) is 3. The van der Waals surface area contributed by atoms with Crippen molar-refractivity contribution in [3.05, 3.63) is 36.4 Å². The lowest BCUT2D eigenvalue weighted by atomic mass is 9.87. The molecule has 1 saturated heterocycles. The molecule has 0 aromatic carbocycles. The van der Waals surface area contributed by atoms with Crippen molar-refractivity contribution in [2.24, 2.45) is 0 Å². The number of amides is 1. The van der Waals surface area contributed by atoms with E-state index in [1.54, 1.807) is 23.1 Å². The summed E-state index contributed by atoms with van der Waals surface area (Å²) in [6.07, 6.45) is 1.11. The van der Waals surface area contributed by atoms with Gasteiger partial charge in [-0.2, -0.15) is 18.3 Å². The van der Waals surface area contributed by atoms with Gasteiger partial charge in [0.05, 0.1) is 0 Å². The smallest absolute Gasteiger partial charge is 0.352 e. The zero-order valence-electron chi connectivity index (χ0n) is 14.5. The fourth-order valence-corrected chi connectivity index (χ4v) is 3.04. The number of carbonyl (C=O) groups excluding carboxylic acids is 1. The van der Waals surface area contributed by atoms with Crippen molar-refractivity contribution in [3.63, 3.8) is 0 Å². The summed E-state index contributed by atoms with van der Waals surface area (Å²) in [7, 11) is 0. The van der Waals surface area contributed by atoms with Crippen molar-refractivity contribution in [2.45, 2.75) is 24.6 Å². The number of piperidine rings is 1. The topological polar surface area (TPSA) is 96.8 Å². The van der Waals surface area contributed by atoms with E-state index >= 15 is 0 Å². The minimum Gasteiger partial charge on any atom is -0.352 e. The summed E-state index contributed by atoms with van der Waals surface area (Å²) in [6.45, 7) is 1.81. The van der Waals surface area contributed by atoms with E-state index < -0.39 is 17.4 Å². The molecule has 8 nitrogen and oxygen atoms in total. The van der Waals surface area contributed by atoms with Crippen molar-refractivity contribution in [3.8, 4) is 0 Å². The number of alkyl halides is 3. The Kier molecular flexibility index (Phi) is 5.59. The van der Waals surface area contributed by atoms with Crippen molar-refractivity contribution >= 4 is 11.9 Å². The lowest BCUT2D eigenvalue weighted by Crippen LogP contribution is -2.55. The average Bonchev–Trinajstić information content (AvgIpc) is 3.20. The van der Waals surface area contributed by atoms with Gasteiger partial charge in [-0.15, -0.1) is 0 Å². The quantitative estimate of drug-likeness (QED) is 0.644. The number of rotatable bonds is 6. The molecule has 1 aliphatic heterocycles. The predicted octanol–water partition coefficient (Wildman–Crippen LogP) is 0.999. The van der Waals surface area contributed by atoms with Gasteiger partial charge in [0, 0.05) is 31.7 Å². The molecule has 146 valence electrons. The van der Waals surface area contributed by atoms with E-state index in [2.05, 4.69) is 31.0 Å². The first-order valence-electron chi connectivity index (χ1n) is 8.55. The largest absolute Gasteiger partial charge is 0.433 e. The van der Waals surface area contributed by atoms with Crippen LogP contribution in [0, 0.1) is 0 Å². The fraction of sp³-hybridized carbons (Fsp3) is 0.500. The highest BCUT2D eigenvalue weighted by molar-refractivity contribution is 5.84. The number of nitrogens with zero attached hydrogens (tertiary/aromatic N) is 4. The number of aromatic nitrogens is 4.